The third kappa shape index (κ3) is 10.1. The Hall–Kier alpha value is -4.44. The molecule has 3 aromatic rings. The second-order valence-corrected chi connectivity index (χ2v) is 13.2. The summed E-state index contributed by atoms with van der Waals surface area (Å²) in [5.41, 5.74) is -0.896. The normalized spacial score (nSPS) is 17.3. The molecule has 1 heterocycles. The lowest BCUT2D eigenvalue weighted by Gasteiger charge is -2.37. The second-order valence-electron chi connectivity index (χ2n) is 13.2. The van der Waals surface area contributed by atoms with Crippen molar-refractivity contribution in [3.63, 3.8) is 0 Å². The lowest BCUT2D eigenvalue weighted by Crippen LogP contribution is -2.51. The van der Waals surface area contributed by atoms with Gasteiger partial charge < -0.3 is 20.5 Å². The molecule has 50 heavy (non-hydrogen) atoms. The van der Waals surface area contributed by atoms with Gasteiger partial charge in [0, 0.05) is 57.9 Å². The Balaban J connectivity index is 1.15. The molecule has 2 amide bonds. The summed E-state index contributed by atoms with van der Waals surface area (Å²) >= 11 is 0. The van der Waals surface area contributed by atoms with E-state index >= 15 is 0 Å². The molecule has 3 N–H and O–H groups in total. The molecule has 1 aliphatic heterocycles. The molecule has 2 fully saturated rings. The van der Waals surface area contributed by atoms with Crippen LogP contribution in [-0.2, 0) is 35.3 Å². The highest BCUT2D eigenvalue weighted by Gasteiger charge is 2.44. The van der Waals surface area contributed by atoms with E-state index < -0.39 is 34.9 Å². The molecule has 0 spiro atoms. The zero-order valence-corrected chi connectivity index (χ0v) is 28.1. The minimum absolute atomic E-state index is 0.0221. The Labute approximate surface area is 291 Å². The third-order valence-corrected chi connectivity index (χ3v) is 9.62. The van der Waals surface area contributed by atoms with Gasteiger partial charge in [-0.25, -0.2) is 4.79 Å². The van der Waals surface area contributed by atoms with Gasteiger partial charge in [-0.05, 0) is 53.6 Å². The van der Waals surface area contributed by atoms with Crippen molar-refractivity contribution in [3.05, 3.63) is 101 Å². The van der Waals surface area contributed by atoms with Gasteiger partial charge in [-0.2, -0.15) is 18.4 Å². The number of benzene rings is 3. The number of carbonyl (C=O) groups excluding carboxylic acids is 2. The number of rotatable bonds is 12. The van der Waals surface area contributed by atoms with Gasteiger partial charge in [-0.1, -0.05) is 73.9 Å². The Morgan fingerprint density at radius 3 is 2.26 bits per heavy atom. The van der Waals surface area contributed by atoms with E-state index in [1.54, 1.807) is 6.07 Å². The van der Waals surface area contributed by atoms with Gasteiger partial charge in [0.05, 0.1) is 17.2 Å². The molecule has 1 saturated carbocycles. The van der Waals surface area contributed by atoms with Crippen LogP contribution in [0.5, 0.6) is 0 Å². The van der Waals surface area contributed by atoms with Gasteiger partial charge in [-0.15, -0.1) is 0 Å². The van der Waals surface area contributed by atoms with E-state index in [9.17, 15) is 27.9 Å². The summed E-state index contributed by atoms with van der Waals surface area (Å²) in [6, 6.07) is 21.9. The van der Waals surface area contributed by atoms with E-state index in [0.717, 1.165) is 74.3 Å². The molecule has 0 aromatic heterocycles. The van der Waals surface area contributed by atoms with E-state index in [1.807, 2.05) is 54.6 Å². The quantitative estimate of drug-likeness (QED) is 0.210. The summed E-state index contributed by atoms with van der Waals surface area (Å²) in [5, 5.41) is 26.5. The van der Waals surface area contributed by atoms with Crippen LogP contribution < -0.4 is 10.6 Å². The SMILES string of the molecule is N#Cc1ccc(NC(=O)C(O)(Cc2cccc(CN3CCN(CCNC(=O)OCc4ccccc4)CC3)c2)C2CCCCC2)cc1C(F)(F)F. The first-order valence-electron chi connectivity index (χ1n) is 17.2. The standard InChI is InChI=1S/C38H44F3N5O4/c39-38(40,41)34-23-33(15-14-31(34)25-42)44-35(47)37(49,32-12-5-2-6-13-32)24-29-10-7-11-30(22-29)26-46-20-18-45(19-21-46)17-16-43-36(48)50-27-28-8-3-1-4-9-28/h1,3-4,7-11,14-15,22-23,32,49H,2,5-6,12-13,16-21,24,26-27H2,(H,43,48)(H,44,47). The lowest BCUT2D eigenvalue weighted by atomic mass is 9.73. The largest absolute Gasteiger partial charge is 0.445 e. The van der Waals surface area contributed by atoms with Gasteiger partial charge in [0.1, 0.15) is 12.2 Å². The number of nitrogens with zero attached hydrogens (tertiary/aromatic N) is 3. The smallest absolute Gasteiger partial charge is 0.417 e. The topological polar surface area (TPSA) is 118 Å². The minimum atomic E-state index is -4.77. The van der Waals surface area contributed by atoms with Crippen molar-refractivity contribution in [2.24, 2.45) is 5.92 Å². The summed E-state index contributed by atoms with van der Waals surface area (Å²) in [5.74, 6) is -1.10. The molecular weight excluding hydrogens is 647 g/mol. The number of carbonyl (C=O) groups is 2. The highest BCUT2D eigenvalue weighted by atomic mass is 19.4. The molecule has 266 valence electrons. The Kier molecular flexibility index (Phi) is 12.5. The summed E-state index contributed by atoms with van der Waals surface area (Å²) in [6.07, 6.45) is -1.20. The molecule has 3 aromatic carbocycles. The van der Waals surface area contributed by atoms with E-state index in [-0.39, 0.29) is 24.6 Å². The fourth-order valence-electron chi connectivity index (χ4n) is 6.85. The molecule has 12 heteroatoms. The van der Waals surface area contributed by atoms with Crippen LogP contribution in [0.4, 0.5) is 23.7 Å². The second kappa shape index (κ2) is 17.0. The first kappa shape index (κ1) is 36.8. The Bertz CT molecular complexity index is 1630. The zero-order valence-electron chi connectivity index (χ0n) is 28.1. The lowest BCUT2D eigenvalue weighted by molar-refractivity contribution is -0.142. The monoisotopic (exact) mass is 691 g/mol. The van der Waals surface area contributed by atoms with Crippen LogP contribution in [-0.4, -0.2) is 71.8 Å². The molecule has 1 saturated heterocycles. The maximum atomic E-state index is 13.7. The molecule has 9 nitrogen and oxygen atoms in total. The fourth-order valence-corrected chi connectivity index (χ4v) is 6.85. The number of nitrogens with one attached hydrogen (secondary N) is 2. The number of ether oxygens (including phenoxy) is 1. The number of amides is 2. The highest BCUT2D eigenvalue weighted by molar-refractivity contribution is 5.97. The number of hydrogen-bond acceptors (Lipinski definition) is 7. The number of alkyl halides is 3. The van der Waals surface area contributed by atoms with E-state index in [2.05, 4.69) is 20.4 Å². The van der Waals surface area contributed by atoms with Crippen LogP contribution >= 0.6 is 0 Å². The van der Waals surface area contributed by atoms with Gasteiger partial charge >= 0.3 is 12.3 Å². The third-order valence-electron chi connectivity index (χ3n) is 9.62. The number of nitriles is 1. The number of hydrogen-bond donors (Lipinski definition) is 3. The maximum Gasteiger partial charge on any atom is 0.417 e. The van der Waals surface area contributed by atoms with Crippen molar-refractivity contribution in [3.8, 4) is 6.07 Å². The molecule has 0 bridgehead atoms. The van der Waals surface area contributed by atoms with Crippen LogP contribution in [0.3, 0.4) is 0 Å². The van der Waals surface area contributed by atoms with Crippen LogP contribution in [0.2, 0.25) is 0 Å². The number of piperazine rings is 1. The molecule has 1 aliphatic carbocycles. The van der Waals surface area contributed by atoms with Crippen molar-refractivity contribution < 1.29 is 32.6 Å². The Morgan fingerprint density at radius 2 is 1.56 bits per heavy atom. The summed E-state index contributed by atoms with van der Waals surface area (Å²) in [6.45, 7) is 5.47. The van der Waals surface area contributed by atoms with Crippen molar-refractivity contribution >= 4 is 17.7 Å². The van der Waals surface area contributed by atoms with Crippen molar-refractivity contribution in [2.45, 2.75) is 63.5 Å². The summed E-state index contributed by atoms with van der Waals surface area (Å²) in [7, 11) is 0. The van der Waals surface area contributed by atoms with Crippen LogP contribution in [0.1, 0.15) is 59.9 Å². The molecule has 1 unspecified atom stereocenters. The molecule has 2 aliphatic rings. The number of halogens is 3. The average molecular weight is 692 g/mol. The van der Waals surface area contributed by atoms with Gasteiger partial charge in [0.2, 0.25) is 0 Å². The number of alkyl carbamates (subject to hydrolysis) is 1. The average Bonchev–Trinajstić information content (AvgIpc) is 3.12. The van der Waals surface area contributed by atoms with Crippen molar-refractivity contribution in [1.29, 1.82) is 5.26 Å². The fraction of sp³-hybridized carbons (Fsp3) is 0.447. The van der Waals surface area contributed by atoms with E-state index in [1.165, 1.54) is 6.07 Å². The first-order valence-corrected chi connectivity index (χ1v) is 17.2. The molecular formula is C38H44F3N5O4. The van der Waals surface area contributed by atoms with Crippen LogP contribution in [0, 0.1) is 17.2 Å². The van der Waals surface area contributed by atoms with Crippen molar-refractivity contribution in [2.75, 3.05) is 44.6 Å². The zero-order chi connectivity index (χ0) is 35.6. The molecule has 0 radical (unpaired) electrons. The predicted molar refractivity (Wildman–Crippen MR) is 183 cm³/mol. The minimum Gasteiger partial charge on any atom is -0.445 e. The van der Waals surface area contributed by atoms with Crippen LogP contribution in [0.25, 0.3) is 0 Å². The molecule has 1 atom stereocenters. The number of anilines is 1. The predicted octanol–water partition coefficient (Wildman–Crippen LogP) is 6.11. The van der Waals surface area contributed by atoms with E-state index in [4.69, 9.17) is 10.00 Å². The summed E-state index contributed by atoms with van der Waals surface area (Å²) < 4.78 is 46.1. The summed E-state index contributed by atoms with van der Waals surface area (Å²) in [4.78, 5) is 30.4. The van der Waals surface area contributed by atoms with Crippen molar-refractivity contribution in [1.82, 2.24) is 15.1 Å². The van der Waals surface area contributed by atoms with Gasteiger partial charge in [0.25, 0.3) is 5.91 Å². The van der Waals surface area contributed by atoms with E-state index in [0.29, 0.717) is 32.5 Å². The van der Waals surface area contributed by atoms with Crippen LogP contribution in [0.15, 0.2) is 72.8 Å². The maximum absolute atomic E-state index is 13.7. The van der Waals surface area contributed by atoms with Gasteiger partial charge in [0.15, 0.2) is 0 Å². The highest BCUT2D eigenvalue weighted by Crippen LogP contribution is 2.37. The number of aliphatic hydroxyl groups is 1. The van der Waals surface area contributed by atoms with Gasteiger partial charge in [-0.3, -0.25) is 14.6 Å². The first-order chi connectivity index (χ1) is 24.0. The molecule has 5 rings (SSSR count). The Morgan fingerprint density at radius 1 is 0.880 bits per heavy atom.